The highest BCUT2D eigenvalue weighted by atomic mass is 35.5. The van der Waals surface area contributed by atoms with E-state index in [9.17, 15) is 9.59 Å². The molecule has 4 rings (SSSR count). The van der Waals surface area contributed by atoms with Crippen LogP contribution in [-0.4, -0.2) is 35.4 Å². The van der Waals surface area contributed by atoms with E-state index in [0.29, 0.717) is 35.1 Å². The van der Waals surface area contributed by atoms with Gasteiger partial charge in [0.05, 0.1) is 6.61 Å². The topological polar surface area (TPSA) is 58.6 Å². The normalized spacial score (nSPS) is 14.2. The van der Waals surface area contributed by atoms with E-state index in [1.807, 2.05) is 60.7 Å². The number of nitrogens with zero attached hydrogens (tertiary/aromatic N) is 1. The Balaban J connectivity index is 1.56. The molecular formula is C31H34Cl2N2O3. The van der Waals surface area contributed by atoms with Crippen LogP contribution in [0.25, 0.3) is 0 Å². The molecule has 1 atom stereocenters. The lowest BCUT2D eigenvalue weighted by molar-refractivity contribution is -0.141. The molecule has 3 aromatic carbocycles. The third-order valence-electron chi connectivity index (χ3n) is 6.91. The second kappa shape index (κ2) is 14.2. The summed E-state index contributed by atoms with van der Waals surface area (Å²) < 4.78 is 5.79. The lowest BCUT2D eigenvalue weighted by atomic mass is 10.0. The quantitative estimate of drug-likeness (QED) is 0.250. The van der Waals surface area contributed by atoms with Gasteiger partial charge in [0, 0.05) is 41.0 Å². The third kappa shape index (κ3) is 7.99. The van der Waals surface area contributed by atoms with Gasteiger partial charge in [0.25, 0.3) is 0 Å². The van der Waals surface area contributed by atoms with E-state index in [1.54, 1.807) is 23.1 Å². The first-order valence-electron chi connectivity index (χ1n) is 13.3. The molecule has 1 fully saturated rings. The maximum absolute atomic E-state index is 13.8. The van der Waals surface area contributed by atoms with Crippen molar-refractivity contribution in [3.8, 4) is 5.75 Å². The van der Waals surface area contributed by atoms with Crippen molar-refractivity contribution in [1.82, 2.24) is 10.2 Å². The highest BCUT2D eigenvalue weighted by Gasteiger charge is 2.32. The van der Waals surface area contributed by atoms with Crippen LogP contribution in [0.5, 0.6) is 5.75 Å². The standard InChI is InChI=1S/C31H34Cl2N2O3/c32-27-17-9-18-28(33)26(27)22-35(30(36)19-10-20-38-25-15-5-2-6-16-25)29(21-23-11-3-1-4-12-23)31(37)34-24-13-7-8-14-24/h1-6,9,11-12,15-18,24,29H,7-8,10,13-14,19-22H2,(H,34,37). The molecule has 0 aliphatic heterocycles. The van der Waals surface area contributed by atoms with Gasteiger partial charge in [-0.25, -0.2) is 0 Å². The molecule has 1 N–H and O–H groups in total. The smallest absolute Gasteiger partial charge is 0.243 e. The van der Waals surface area contributed by atoms with Crippen LogP contribution in [0, 0.1) is 0 Å². The number of carbonyl (C=O) groups excluding carboxylic acids is 2. The van der Waals surface area contributed by atoms with Crippen molar-refractivity contribution in [2.75, 3.05) is 6.61 Å². The van der Waals surface area contributed by atoms with Gasteiger partial charge < -0.3 is 15.0 Å². The number of rotatable bonds is 12. The largest absolute Gasteiger partial charge is 0.494 e. The van der Waals surface area contributed by atoms with E-state index in [0.717, 1.165) is 37.0 Å². The summed E-state index contributed by atoms with van der Waals surface area (Å²) in [5.41, 5.74) is 1.62. The summed E-state index contributed by atoms with van der Waals surface area (Å²) in [5.74, 6) is 0.482. The second-order valence-corrected chi connectivity index (χ2v) is 10.5. The predicted octanol–water partition coefficient (Wildman–Crippen LogP) is 6.85. The van der Waals surface area contributed by atoms with Gasteiger partial charge in [-0.3, -0.25) is 9.59 Å². The summed E-state index contributed by atoms with van der Waals surface area (Å²) in [6.07, 6.45) is 5.28. The summed E-state index contributed by atoms with van der Waals surface area (Å²) in [7, 11) is 0. The number of hydrogen-bond acceptors (Lipinski definition) is 3. The number of halogens is 2. The number of para-hydroxylation sites is 1. The van der Waals surface area contributed by atoms with Crippen LogP contribution in [0.3, 0.4) is 0 Å². The molecule has 5 nitrogen and oxygen atoms in total. The van der Waals surface area contributed by atoms with E-state index in [4.69, 9.17) is 27.9 Å². The Morgan fingerprint density at radius 1 is 0.895 bits per heavy atom. The highest BCUT2D eigenvalue weighted by Crippen LogP contribution is 2.28. The molecule has 200 valence electrons. The van der Waals surface area contributed by atoms with Gasteiger partial charge >= 0.3 is 0 Å². The van der Waals surface area contributed by atoms with Gasteiger partial charge in [0.1, 0.15) is 11.8 Å². The molecule has 0 radical (unpaired) electrons. The van der Waals surface area contributed by atoms with Crippen LogP contribution in [-0.2, 0) is 22.6 Å². The van der Waals surface area contributed by atoms with E-state index >= 15 is 0 Å². The van der Waals surface area contributed by atoms with E-state index in [1.165, 1.54) is 0 Å². The summed E-state index contributed by atoms with van der Waals surface area (Å²) >= 11 is 13.0. The van der Waals surface area contributed by atoms with Gasteiger partial charge in [0.2, 0.25) is 11.8 Å². The molecule has 0 bridgehead atoms. The van der Waals surface area contributed by atoms with Crippen LogP contribution < -0.4 is 10.1 Å². The molecule has 38 heavy (non-hydrogen) atoms. The van der Waals surface area contributed by atoms with E-state index in [2.05, 4.69) is 5.32 Å². The Morgan fingerprint density at radius 2 is 1.53 bits per heavy atom. The van der Waals surface area contributed by atoms with Gasteiger partial charge in [0.15, 0.2) is 0 Å². The van der Waals surface area contributed by atoms with Crippen LogP contribution in [0.4, 0.5) is 0 Å². The fraction of sp³-hybridized carbons (Fsp3) is 0.355. The Labute approximate surface area is 235 Å². The molecule has 1 unspecified atom stereocenters. The molecule has 3 aromatic rings. The number of benzene rings is 3. The minimum atomic E-state index is -0.701. The van der Waals surface area contributed by atoms with Crippen molar-refractivity contribution in [3.05, 3.63) is 100 Å². The lowest BCUT2D eigenvalue weighted by Crippen LogP contribution is -2.52. The first-order chi connectivity index (χ1) is 18.5. The fourth-order valence-corrected chi connectivity index (χ4v) is 5.37. The molecule has 2 amide bonds. The van der Waals surface area contributed by atoms with Gasteiger partial charge in [-0.05, 0) is 49.1 Å². The van der Waals surface area contributed by atoms with Crippen molar-refractivity contribution < 1.29 is 14.3 Å². The third-order valence-corrected chi connectivity index (χ3v) is 7.62. The van der Waals surface area contributed by atoms with E-state index < -0.39 is 6.04 Å². The molecule has 1 saturated carbocycles. The van der Waals surface area contributed by atoms with Crippen molar-refractivity contribution in [2.24, 2.45) is 0 Å². The number of carbonyl (C=O) groups is 2. The molecule has 0 spiro atoms. The Morgan fingerprint density at radius 3 is 2.18 bits per heavy atom. The van der Waals surface area contributed by atoms with Crippen LogP contribution in [0.2, 0.25) is 10.0 Å². The van der Waals surface area contributed by atoms with Crippen molar-refractivity contribution in [2.45, 2.75) is 63.6 Å². The maximum atomic E-state index is 13.8. The minimum Gasteiger partial charge on any atom is -0.494 e. The maximum Gasteiger partial charge on any atom is 0.243 e. The van der Waals surface area contributed by atoms with Crippen molar-refractivity contribution in [1.29, 1.82) is 0 Å². The Hall–Kier alpha value is -3.02. The average Bonchev–Trinajstić information content (AvgIpc) is 3.44. The first kappa shape index (κ1) is 28.0. The fourth-order valence-electron chi connectivity index (χ4n) is 4.85. The predicted molar refractivity (Wildman–Crippen MR) is 153 cm³/mol. The lowest BCUT2D eigenvalue weighted by Gasteiger charge is -2.33. The van der Waals surface area contributed by atoms with Gasteiger partial charge in [-0.2, -0.15) is 0 Å². The summed E-state index contributed by atoms with van der Waals surface area (Å²) in [6, 6.07) is 24.0. The zero-order chi connectivity index (χ0) is 26.7. The van der Waals surface area contributed by atoms with Crippen LogP contribution in [0.1, 0.15) is 49.7 Å². The summed E-state index contributed by atoms with van der Waals surface area (Å²) in [4.78, 5) is 29.1. The van der Waals surface area contributed by atoms with E-state index in [-0.39, 0.29) is 30.8 Å². The SMILES string of the molecule is O=C(NC1CCCC1)C(Cc1ccccc1)N(Cc1c(Cl)cccc1Cl)C(=O)CCCOc1ccccc1. The monoisotopic (exact) mass is 552 g/mol. The zero-order valence-electron chi connectivity index (χ0n) is 21.5. The number of hydrogen-bond donors (Lipinski definition) is 1. The van der Waals surface area contributed by atoms with Crippen molar-refractivity contribution >= 4 is 35.0 Å². The van der Waals surface area contributed by atoms with Gasteiger partial charge in [-0.1, -0.05) is 90.6 Å². The minimum absolute atomic E-state index is 0.139. The zero-order valence-corrected chi connectivity index (χ0v) is 23.0. The van der Waals surface area contributed by atoms with Crippen molar-refractivity contribution in [3.63, 3.8) is 0 Å². The molecular weight excluding hydrogens is 519 g/mol. The summed E-state index contributed by atoms with van der Waals surface area (Å²) in [5, 5.41) is 4.15. The highest BCUT2D eigenvalue weighted by molar-refractivity contribution is 6.36. The molecule has 7 heteroatoms. The number of amides is 2. The summed E-state index contributed by atoms with van der Waals surface area (Å²) in [6.45, 7) is 0.542. The van der Waals surface area contributed by atoms with Crippen LogP contribution >= 0.6 is 23.2 Å². The first-order valence-corrected chi connectivity index (χ1v) is 14.0. The molecule has 0 aromatic heterocycles. The molecule has 0 saturated heterocycles. The number of ether oxygens (including phenoxy) is 1. The molecule has 1 aliphatic carbocycles. The average molecular weight is 554 g/mol. The number of nitrogens with one attached hydrogen (secondary N) is 1. The Bertz CT molecular complexity index is 1160. The van der Waals surface area contributed by atoms with Crippen LogP contribution in [0.15, 0.2) is 78.9 Å². The Kier molecular flexibility index (Phi) is 10.5. The molecule has 1 aliphatic rings. The second-order valence-electron chi connectivity index (χ2n) is 9.68. The van der Waals surface area contributed by atoms with Gasteiger partial charge in [-0.15, -0.1) is 0 Å². The molecule has 0 heterocycles.